The molecule has 5 rings (SSSR count). The van der Waals surface area contributed by atoms with Gasteiger partial charge in [0.2, 0.25) is 5.91 Å². The van der Waals surface area contributed by atoms with Gasteiger partial charge in [-0.2, -0.15) is 0 Å². The number of nitrogens with two attached hydrogens (primary N) is 1. The molecule has 0 bridgehead atoms. The number of ketones is 4. The monoisotopic (exact) mass is 532 g/mol. The van der Waals surface area contributed by atoms with Gasteiger partial charge in [-0.3, -0.25) is 28.9 Å². The van der Waals surface area contributed by atoms with E-state index in [9.17, 15) is 39.3 Å². The number of hydrogen-bond acceptors (Lipinski definition) is 9. The number of aliphatic hydroxyl groups excluding tert-OH is 1. The number of phenolic OH excluding ortho intramolecular Hbond substituents is 1. The first-order valence-corrected chi connectivity index (χ1v) is 12.5. The third-order valence-electron chi connectivity index (χ3n) is 8.30. The van der Waals surface area contributed by atoms with Crippen LogP contribution in [0.1, 0.15) is 27.0 Å². The average Bonchev–Trinajstić information content (AvgIpc) is 2.88. The molecule has 0 heterocycles. The number of Topliss-reactive ketones (excluding diaryl/α,β-unsaturated/α-hetero) is 4. The van der Waals surface area contributed by atoms with Crippen LogP contribution in [0.25, 0.3) is 12.2 Å². The Kier molecular flexibility index (Phi) is 6.37. The van der Waals surface area contributed by atoms with Gasteiger partial charge >= 0.3 is 0 Å². The number of aromatic hydroxyl groups is 1. The van der Waals surface area contributed by atoms with E-state index < -0.39 is 70.5 Å². The number of phenols is 1. The summed E-state index contributed by atoms with van der Waals surface area (Å²) in [6, 6.07) is 11.1. The van der Waals surface area contributed by atoms with Gasteiger partial charge in [0.05, 0.1) is 29.5 Å². The topological polar surface area (TPSA) is 175 Å². The fraction of sp³-hybridized carbons (Fsp3) is 0.345. The molecule has 1 amide bonds. The number of nitrogens with zero attached hydrogens (tertiary/aromatic N) is 1. The van der Waals surface area contributed by atoms with Crippen molar-refractivity contribution in [2.75, 3.05) is 14.1 Å². The van der Waals surface area contributed by atoms with E-state index in [0.29, 0.717) is 11.1 Å². The molecule has 10 heteroatoms. The molecule has 10 nitrogen and oxygen atoms in total. The lowest BCUT2D eigenvalue weighted by molar-refractivity contribution is -0.195. The number of primary amides is 1. The molecule has 0 aromatic heterocycles. The average molecular weight is 533 g/mol. The molecular formula is C29H28N2O8. The van der Waals surface area contributed by atoms with E-state index in [1.807, 2.05) is 30.3 Å². The van der Waals surface area contributed by atoms with Gasteiger partial charge < -0.3 is 21.1 Å². The first-order chi connectivity index (χ1) is 18.4. The summed E-state index contributed by atoms with van der Waals surface area (Å²) in [5.41, 5.74) is 3.72. The van der Waals surface area contributed by atoms with Crippen LogP contribution in [-0.4, -0.2) is 81.1 Å². The molecule has 2 saturated carbocycles. The molecule has 3 aliphatic rings. The molecule has 39 heavy (non-hydrogen) atoms. The van der Waals surface area contributed by atoms with Crippen molar-refractivity contribution in [2.24, 2.45) is 29.4 Å². The second kappa shape index (κ2) is 9.33. The van der Waals surface area contributed by atoms with Gasteiger partial charge in [0.15, 0.2) is 34.7 Å². The molecule has 5 N–H and O–H groups in total. The zero-order chi connectivity index (χ0) is 28.4. The van der Waals surface area contributed by atoms with Crippen LogP contribution in [0.5, 0.6) is 5.75 Å². The number of benzene rings is 2. The lowest BCUT2D eigenvalue weighted by atomic mass is 9.51. The Balaban J connectivity index is 1.60. The molecule has 2 fully saturated rings. The first kappa shape index (κ1) is 26.6. The minimum atomic E-state index is -3.00. The number of rotatable bonds is 4. The lowest BCUT2D eigenvalue weighted by Crippen LogP contribution is -2.77. The van der Waals surface area contributed by atoms with E-state index in [2.05, 4.69) is 0 Å². The standard InChI is InChI=1S/C29H28N2O8/c1-31(2)21-20-23(33)16-12-15-11-10-14(9-8-13-6-4-3-5-7-13)22(32)17(15)24(34)18(16)26(36)29(20,39)27(37)19(25(21)35)28(30)38/h3-11,16,18-21,23,32-33,39H,12H2,1-2H3,(H2,30,38)/t16-,18?,19?,20-,21+,23+,29+/m0/s1. The third-order valence-corrected chi connectivity index (χ3v) is 8.30. The van der Waals surface area contributed by atoms with Crippen LogP contribution >= 0.6 is 0 Å². The number of likely N-dealkylation sites (N-methyl/N-ethyl adjacent to an activating group) is 1. The van der Waals surface area contributed by atoms with Gasteiger partial charge in [-0.15, -0.1) is 0 Å². The summed E-state index contributed by atoms with van der Waals surface area (Å²) in [6.07, 6.45) is 1.69. The van der Waals surface area contributed by atoms with Crippen molar-refractivity contribution in [2.45, 2.75) is 24.2 Å². The van der Waals surface area contributed by atoms with Gasteiger partial charge in [0, 0.05) is 11.5 Å². The Morgan fingerprint density at radius 1 is 1.03 bits per heavy atom. The van der Waals surface area contributed by atoms with Gasteiger partial charge in [-0.25, -0.2) is 0 Å². The summed E-state index contributed by atoms with van der Waals surface area (Å²) in [7, 11) is 2.90. The quantitative estimate of drug-likeness (QED) is 0.312. The summed E-state index contributed by atoms with van der Waals surface area (Å²) in [4.78, 5) is 67.5. The van der Waals surface area contributed by atoms with Gasteiger partial charge in [0.25, 0.3) is 0 Å². The predicted octanol–water partition coefficient (Wildman–Crippen LogP) is 0.00820. The van der Waals surface area contributed by atoms with Crippen molar-refractivity contribution in [1.82, 2.24) is 4.90 Å². The number of amides is 1. The first-order valence-electron chi connectivity index (χ1n) is 12.5. The number of carbonyl (C=O) groups is 5. The minimum Gasteiger partial charge on any atom is -0.507 e. The van der Waals surface area contributed by atoms with Crippen molar-refractivity contribution >= 4 is 41.2 Å². The number of fused-ring (bicyclic) bond motifs is 3. The highest BCUT2D eigenvalue weighted by Crippen LogP contribution is 2.51. The van der Waals surface area contributed by atoms with E-state index in [1.165, 1.54) is 19.0 Å². The molecule has 0 radical (unpaired) electrons. The molecule has 0 aliphatic heterocycles. The summed E-state index contributed by atoms with van der Waals surface area (Å²) < 4.78 is 0. The molecule has 3 aliphatic carbocycles. The minimum absolute atomic E-state index is 0.0246. The van der Waals surface area contributed by atoms with Crippen molar-refractivity contribution < 1.29 is 39.3 Å². The van der Waals surface area contributed by atoms with Crippen molar-refractivity contribution in [3.05, 3.63) is 64.7 Å². The molecule has 2 unspecified atom stereocenters. The number of carbonyl (C=O) groups excluding carboxylic acids is 5. The molecule has 202 valence electrons. The van der Waals surface area contributed by atoms with Crippen LogP contribution in [0.4, 0.5) is 0 Å². The smallest absolute Gasteiger partial charge is 0.235 e. The maximum atomic E-state index is 13.9. The van der Waals surface area contributed by atoms with Crippen LogP contribution < -0.4 is 5.73 Å². The lowest BCUT2D eigenvalue weighted by Gasteiger charge is -2.54. The van der Waals surface area contributed by atoms with E-state index in [-0.39, 0.29) is 17.7 Å². The predicted molar refractivity (Wildman–Crippen MR) is 138 cm³/mol. The maximum Gasteiger partial charge on any atom is 0.235 e. The highest BCUT2D eigenvalue weighted by Gasteiger charge is 2.72. The Labute approximate surface area is 223 Å². The zero-order valence-electron chi connectivity index (χ0n) is 21.3. The Hall–Kier alpha value is -3.99. The third kappa shape index (κ3) is 3.78. The second-order valence-electron chi connectivity index (χ2n) is 10.6. The molecular weight excluding hydrogens is 504 g/mol. The highest BCUT2D eigenvalue weighted by atomic mass is 16.3. The van der Waals surface area contributed by atoms with Crippen molar-refractivity contribution in [3.63, 3.8) is 0 Å². The summed E-state index contributed by atoms with van der Waals surface area (Å²) in [5.74, 6) is -12.6. The van der Waals surface area contributed by atoms with E-state index in [1.54, 1.807) is 24.3 Å². The summed E-state index contributed by atoms with van der Waals surface area (Å²) in [6.45, 7) is 0. The summed E-state index contributed by atoms with van der Waals surface area (Å²) >= 11 is 0. The van der Waals surface area contributed by atoms with E-state index in [0.717, 1.165) is 5.56 Å². The van der Waals surface area contributed by atoms with Gasteiger partial charge in [-0.05, 0) is 31.6 Å². The van der Waals surface area contributed by atoms with Crippen LogP contribution in [0.2, 0.25) is 0 Å². The number of hydrogen-bond donors (Lipinski definition) is 4. The molecule has 0 spiro atoms. The second-order valence-corrected chi connectivity index (χ2v) is 10.6. The Bertz CT molecular complexity index is 1450. The van der Waals surface area contributed by atoms with Crippen LogP contribution in [0.15, 0.2) is 42.5 Å². The number of aliphatic hydroxyl groups is 2. The van der Waals surface area contributed by atoms with Gasteiger partial charge in [0.1, 0.15) is 5.75 Å². The molecule has 0 saturated heterocycles. The SMILES string of the molecule is CN(C)[C@H]1C(=O)C(C(N)=O)C(=O)[C@]2(O)C(=O)C3C(=O)c4c(ccc(C=Cc5ccccc5)c4O)C[C@@H]3[C@@H](O)[C@H]12. The van der Waals surface area contributed by atoms with Crippen LogP contribution in [0, 0.1) is 23.7 Å². The molecule has 2 aromatic carbocycles. The Morgan fingerprint density at radius 3 is 2.31 bits per heavy atom. The van der Waals surface area contributed by atoms with Crippen LogP contribution in [0.3, 0.4) is 0 Å². The Morgan fingerprint density at radius 2 is 1.69 bits per heavy atom. The summed E-state index contributed by atoms with van der Waals surface area (Å²) in [5, 5.41) is 34.1. The van der Waals surface area contributed by atoms with Crippen molar-refractivity contribution in [3.8, 4) is 5.75 Å². The van der Waals surface area contributed by atoms with E-state index >= 15 is 0 Å². The fourth-order valence-electron chi connectivity index (χ4n) is 6.49. The zero-order valence-corrected chi connectivity index (χ0v) is 21.3. The molecule has 2 aromatic rings. The van der Waals surface area contributed by atoms with Gasteiger partial charge in [-0.1, -0.05) is 54.6 Å². The molecule has 7 atom stereocenters. The maximum absolute atomic E-state index is 13.9. The van der Waals surface area contributed by atoms with Crippen molar-refractivity contribution in [1.29, 1.82) is 0 Å². The fourth-order valence-corrected chi connectivity index (χ4v) is 6.49. The normalized spacial score (nSPS) is 32.2. The van der Waals surface area contributed by atoms with E-state index in [4.69, 9.17) is 5.73 Å². The van der Waals surface area contributed by atoms with Crippen LogP contribution in [-0.2, 0) is 25.6 Å². The highest BCUT2D eigenvalue weighted by molar-refractivity contribution is 6.32. The largest absolute Gasteiger partial charge is 0.507 e.